The zero-order valence-electron chi connectivity index (χ0n) is 21.5. The predicted octanol–water partition coefficient (Wildman–Crippen LogP) is 3.67. The summed E-state index contributed by atoms with van der Waals surface area (Å²) in [5, 5.41) is 10.7. The number of carboxylic acid groups (broad SMARTS) is 1. The lowest BCUT2D eigenvalue weighted by atomic mass is 10.1. The Bertz CT molecular complexity index is 1270. The molecule has 3 rings (SSSR count). The molecule has 0 aliphatic carbocycles. The molecule has 1 aliphatic rings. The van der Waals surface area contributed by atoms with Crippen molar-refractivity contribution >= 4 is 44.9 Å². The SMILES string of the molecule is CCN(CC)C(=O)c1ccc(N2CCNCC2)c(NS(=O)(=O)c2cc(Cl)ccc2OC)c1.O=C(O)C(F)(F)F. The molecular weight excluding hydrogens is 565 g/mol. The number of sulfonamides is 1. The molecule has 15 heteroatoms. The van der Waals surface area contributed by atoms with E-state index in [4.69, 9.17) is 26.2 Å². The summed E-state index contributed by atoms with van der Waals surface area (Å²) in [6, 6.07) is 9.57. The van der Waals surface area contributed by atoms with Crippen LogP contribution in [0, 0.1) is 0 Å². The lowest BCUT2D eigenvalue weighted by molar-refractivity contribution is -0.192. The number of amides is 1. The number of hydrogen-bond acceptors (Lipinski definition) is 7. The normalized spacial score (nSPS) is 13.7. The smallest absolute Gasteiger partial charge is 0.490 e. The largest absolute Gasteiger partial charge is 0.495 e. The van der Waals surface area contributed by atoms with Crippen molar-refractivity contribution in [3.05, 3.63) is 47.0 Å². The Balaban J connectivity index is 0.000000673. The van der Waals surface area contributed by atoms with E-state index in [0.29, 0.717) is 30.0 Å². The topological polar surface area (TPSA) is 128 Å². The van der Waals surface area contributed by atoms with E-state index >= 15 is 0 Å². The number of carbonyl (C=O) groups excluding carboxylic acids is 1. The highest BCUT2D eigenvalue weighted by molar-refractivity contribution is 7.92. The molecule has 1 heterocycles. The summed E-state index contributed by atoms with van der Waals surface area (Å²) in [6.07, 6.45) is -5.08. The van der Waals surface area contributed by atoms with E-state index in [1.54, 1.807) is 29.2 Å². The molecule has 2 aromatic rings. The van der Waals surface area contributed by atoms with Gasteiger partial charge in [0.2, 0.25) is 0 Å². The fraction of sp³-hybridized carbons (Fsp3) is 0.417. The number of carbonyl (C=O) groups is 2. The van der Waals surface area contributed by atoms with Gasteiger partial charge in [0.05, 0.1) is 18.5 Å². The number of anilines is 2. The Morgan fingerprint density at radius 3 is 2.23 bits per heavy atom. The third-order valence-corrected chi connectivity index (χ3v) is 7.28. The third-order valence-electron chi connectivity index (χ3n) is 5.65. The van der Waals surface area contributed by atoms with E-state index in [1.807, 2.05) is 13.8 Å². The molecule has 1 amide bonds. The molecule has 39 heavy (non-hydrogen) atoms. The molecule has 1 fully saturated rings. The third kappa shape index (κ3) is 8.63. The van der Waals surface area contributed by atoms with Crippen molar-refractivity contribution in [3.63, 3.8) is 0 Å². The predicted molar refractivity (Wildman–Crippen MR) is 141 cm³/mol. The van der Waals surface area contributed by atoms with Crippen LogP contribution in [0.25, 0.3) is 0 Å². The van der Waals surface area contributed by atoms with Crippen molar-refractivity contribution in [3.8, 4) is 5.75 Å². The summed E-state index contributed by atoms with van der Waals surface area (Å²) in [7, 11) is -2.64. The molecule has 216 valence electrons. The molecule has 1 saturated heterocycles. The minimum absolute atomic E-state index is 0.0702. The summed E-state index contributed by atoms with van der Waals surface area (Å²) in [6.45, 7) is 7.96. The zero-order chi connectivity index (χ0) is 29.4. The highest BCUT2D eigenvalue weighted by Crippen LogP contribution is 2.33. The van der Waals surface area contributed by atoms with Gasteiger partial charge in [0.15, 0.2) is 0 Å². The number of ether oxygens (including phenoxy) is 1. The van der Waals surface area contributed by atoms with Gasteiger partial charge in [-0.25, -0.2) is 13.2 Å². The monoisotopic (exact) mass is 594 g/mol. The van der Waals surface area contributed by atoms with Crippen molar-refractivity contribution in [1.29, 1.82) is 0 Å². The van der Waals surface area contributed by atoms with Gasteiger partial charge in [-0.3, -0.25) is 9.52 Å². The number of halogens is 4. The summed E-state index contributed by atoms with van der Waals surface area (Å²) in [4.78, 5) is 25.5. The summed E-state index contributed by atoms with van der Waals surface area (Å²) >= 11 is 6.06. The summed E-state index contributed by atoms with van der Waals surface area (Å²) < 4.78 is 66.3. The molecule has 0 aromatic heterocycles. The molecule has 1 aliphatic heterocycles. The fourth-order valence-corrected chi connectivity index (χ4v) is 5.18. The Labute approximate surface area is 229 Å². The maximum atomic E-state index is 13.3. The van der Waals surface area contributed by atoms with Gasteiger partial charge in [-0.1, -0.05) is 11.6 Å². The number of rotatable bonds is 8. The Morgan fingerprint density at radius 2 is 1.72 bits per heavy atom. The second-order valence-electron chi connectivity index (χ2n) is 8.15. The number of methoxy groups -OCH3 is 1. The zero-order valence-corrected chi connectivity index (χ0v) is 23.1. The van der Waals surface area contributed by atoms with Gasteiger partial charge in [0.1, 0.15) is 10.6 Å². The van der Waals surface area contributed by atoms with Gasteiger partial charge < -0.3 is 25.0 Å². The molecule has 3 N–H and O–H groups in total. The first-order valence-electron chi connectivity index (χ1n) is 11.8. The Kier molecular flexibility index (Phi) is 11.2. The van der Waals surface area contributed by atoms with Gasteiger partial charge in [0, 0.05) is 49.9 Å². The van der Waals surface area contributed by atoms with Crippen LogP contribution < -0.4 is 19.7 Å². The van der Waals surface area contributed by atoms with E-state index < -0.39 is 22.2 Å². The Hall–Kier alpha value is -3.23. The van der Waals surface area contributed by atoms with E-state index in [9.17, 15) is 26.4 Å². The van der Waals surface area contributed by atoms with E-state index in [2.05, 4.69) is 14.9 Å². The van der Waals surface area contributed by atoms with E-state index in [1.165, 1.54) is 19.2 Å². The first kappa shape index (κ1) is 32.0. The quantitative estimate of drug-likeness (QED) is 0.422. The lowest BCUT2D eigenvalue weighted by Crippen LogP contribution is -2.43. The number of carboxylic acids is 1. The van der Waals surface area contributed by atoms with Gasteiger partial charge in [0.25, 0.3) is 15.9 Å². The van der Waals surface area contributed by atoms with Crippen LogP contribution in [0.15, 0.2) is 41.3 Å². The second kappa shape index (κ2) is 13.7. The van der Waals surface area contributed by atoms with Crippen LogP contribution in [0.4, 0.5) is 24.5 Å². The number of benzene rings is 2. The molecule has 0 saturated carbocycles. The highest BCUT2D eigenvalue weighted by atomic mass is 35.5. The van der Waals surface area contributed by atoms with Crippen LogP contribution >= 0.6 is 11.6 Å². The van der Waals surface area contributed by atoms with Crippen LogP contribution in [0.3, 0.4) is 0 Å². The first-order chi connectivity index (χ1) is 18.2. The van der Waals surface area contributed by atoms with Crippen LogP contribution in [0.1, 0.15) is 24.2 Å². The van der Waals surface area contributed by atoms with Crippen LogP contribution in [-0.4, -0.2) is 82.9 Å². The Morgan fingerprint density at radius 1 is 1.13 bits per heavy atom. The molecule has 0 bridgehead atoms. The maximum Gasteiger partial charge on any atom is 0.490 e. The number of nitrogens with one attached hydrogen (secondary N) is 2. The lowest BCUT2D eigenvalue weighted by Gasteiger charge is -2.31. The van der Waals surface area contributed by atoms with Gasteiger partial charge >= 0.3 is 12.1 Å². The van der Waals surface area contributed by atoms with Crippen molar-refractivity contribution in [2.24, 2.45) is 0 Å². The first-order valence-corrected chi connectivity index (χ1v) is 13.7. The summed E-state index contributed by atoms with van der Waals surface area (Å²) in [5.74, 6) is -2.73. The van der Waals surface area contributed by atoms with E-state index in [0.717, 1.165) is 26.2 Å². The van der Waals surface area contributed by atoms with E-state index in [-0.39, 0.29) is 21.6 Å². The molecule has 0 atom stereocenters. The fourth-order valence-electron chi connectivity index (χ4n) is 3.69. The van der Waals surface area contributed by atoms with Crippen molar-refractivity contribution in [2.75, 3.05) is 56.0 Å². The van der Waals surface area contributed by atoms with Crippen molar-refractivity contribution in [2.45, 2.75) is 24.9 Å². The van der Waals surface area contributed by atoms with Crippen molar-refractivity contribution in [1.82, 2.24) is 10.2 Å². The molecule has 0 radical (unpaired) electrons. The molecular formula is C24H30ClF3N4O6S. The number of alkyl halides is 3. The van der Waals surface area contributed by atoms with Gasteiger partial charge in [-0.2, -0.15) is 13.2 Å². The number of nitrogens with zero attached hydrogens (tertiary/aromatic N) is 2. The van der Waals surface area contributed by atoms with Crippen LogP contribution in [0.2, 0.25) is 5.02 Å². The average molecular weight is 595 g/mol. The molecule has 0 unspecified atom stereocenters. The van der Waals surface area contributed by atoms with Gasteiger partial charge in [-0.05, 0) is 50.2 Å². The molecule has 2 aromatic carbocycles. The minimum Gasteiger partial charge on any atom is -0.495 e. The van der Waals surface area contributed by atoms with Crippen LogP contribution in [-0.2, 0) is 14.8 Å². The average Bonchev–Trinajstić information content (AvgIpc) is 2.89. The standard InChI is InChI=1S/C22H29ClN4O4S.C2HF3O2/c1-4-26(5-2)22(28)16-6-8-19(27-12-10-24-11-13-27)18(14-16)25-32(29,30)21-15-17(23)7-9-20(21)31-3;3-2(4,5)1(6)7/h6-9,14-15,24-25H,4-5,10-13H2,1-3H3;(H,6,7). The molecule has 0 spiro atoms. The highest BCUT2D eigenvalue weighted by Gasteiger charge is 2.38. The number of hydrogen-bond donors (Lipinski definition) is 3. The molecule has 10 nitrogen and oxygen atoms in total. The second-order valence-corrected chi connectivity index (χ2v) is 10.2. The number of aliphatic carboxylic acids is 1. The van der Waals surface area contributed by atoms with Crippen LogP contribution in [0.5, 0.6) is 5.75 Å². The number of piperazine rings is 1. The van der Waals surface area contributed by atoms with Gasteiger partial charge in [-0.15, -0.1) is 0 Å². The van der Waals surface area contributed by atoms with Crippen molar-refractivity contribution < 1.29 is 41.0 Å². The summed E-state index contributed by atoms with van der Waals surface area (Å²) in [5.41, 5.74) is 1.47. The minimum atomic E-state index is -5.08. The maximum absolute atomic E-state index is 13.3.